The quantitative estimate of drug-likeness (QED) is 0.819. The van der Waals surface area contributed by atoms with Crippen LogP contribution in [0, 0.1) is 11.3 Å². The molecule has 19 heavy (non-hydrogen) atoms. The molecule has 0 aromatic heterocycles. The predicted octanol–water partition coefficient (Wildman–Crippen LogP) is 0.355. The molecule has 2 N–H and O–H groups in total. The molecule has 1 amide bonds. The monoisotopic (exact) mass is 258 g/mol. The summed E-state index contributed by atoms with van der Waals surface area (Å²) in [4.78, 5) is 13.6. The summed E-state index contributed by atoms with van der Waals surface area (Å²) >= 11 is 0. The summed E-state index contributed by atoms with van der Waals surface area (Å²) in [5.74, 6) is -0.0492. The zero-order valence-corrected chi connectivity index (χ0v) is 11.3. The number of nitrogens with one attached hydrogen (secondary N) is 2. The Labute approximate surface area is 114 Å². The number of rotatable bonds is 4. The Morgan fingerprint density at radius 1 is 1.47 bits per heavy atom. The fourth-order valence-corrected chi connectivity index (χ4v) is 2.71. The maximum atomic E-state index is 12.0. The molecule has 1 aliphatic heterocycles. The number of hydrogen-bond acceptors (Lipinski definition) is 2. The average molecular weight is 258 g/mol. The summed E-state index contributed by atoms with van der Waals surface area (Å²) in [6, 6.07) is 9.35. The number of quaternary nitrogens is 1. The fraction of sp³-hybridized carbons (Fsp3) is 0.467. The van der Waals surface area contributed by atoms with Gasteiger partial charge in [-0.3, -0.25) is 4.79 Å². The highest BCUT2D eigenvalue weighted by Crippen LogP contribution is 2.04. The summed E-state index contributed by atoms with van der Waals surface area (Å²) in [7, 11) is 0. The molecule has 0 spiro atoms. The molecule has 100 valence electrons. The molecule has 1 aromatic carbocycles. The van der Waals surface area contributed by atoms with E-state index in [1.165, 1.54) is 19.4 Å². The molecule has 1 fully saturated rings. The zero-order chi connectivity index (χ0) is 13.7. The minimum absolute atomic E-state index is 0.0492. The van der Waals surface area contributed by atoms with Crippen molar-refractivity contribution in [3.05, 3.63) is 35.4 Å². The number of amides is 1. The third-order valence-electron chi connectivity index (χ3n) is 3.87. The van der Waals surface area contributed by atoms with Crippen molar-refractivity contribution in [3.8, 4) is 6.07 Å². The van der Waals surface area contributed by atoms with Crippen LogP contribution in [0.5, 0.6) is 0 Å². The van der Waals surface area contributed by atoms with Crippen LogP contribution in [-0.4, -0.2) is 31.6 Å². The highest BCUT2D eigenvalue weighted by Gasteiger charge is 2.27. The van der Waals surface area contributed by atoms with Crippen molar-refractivity contribution in [1.29, 1.82) is 5.26 Å². The highest BCUT2D eigenvalue weighted by molar-refractivity contribution is 5.94. The lowest BCUT2D eigenvalue weighted by Crippen LogP contribution is -3.14. The smallest absolute Gasteiger partial charge is 0.251 e. The maximum absolute atomic E-state index is 12.0. The molecule has 2 rings (SSSR count). The van der Waals surface area contributed by atoms with Crippen LogP contribution in [0.15, 0.2) is 24.3 Å². The maximum Gasteiger partial charge on any atom is 0.251 e. The predicted molar refractivity (Wildman–Crippen MR) is 72.9 cm³/mol. The molecule has 1 heterocycles. The Hall–Kier alpha value is -1.86. The van der Waals surface area contributed by atoms with Crippen molar-refractivity contribution in [2.45, 2.75) is 25.8 Å². The van der Waals surface area contributed by atoms with Crippen molar-refractivity contribution in [3.63, 3.8) is 0 Å². The summed E-state index contributed by atoms with van der Waals surface area (Å²) in [5, 5.41) is 11.7. The van der Waals surface area contributed by atoms with Crippen molar-refractivity contribution in [2.24, 2.45) is 0 Å². The van der Waals surface area contributed by atoms with Gasteiger partial charge in [0.05, 0.1) is 31.3 Å². The van der Waals surface area contributed by atoms with Crippen LogP contribution in [-0.2, 0) is 0 Å². The van der Waals surface area contributed by atoms with E-state index < -0.39 is 0 Å². The number of carbonyl (C=O) groups is 1. The van der Waals surface area contributed by atoms with Crippen LogP contribution in [0.25, 0.3) is 0 Å². The van der Waals surface area contributed by atoms with Gasteiger partial charge in [0.25, 0.3) is 5.91 Å². The number of hydrogen-bond donors (Lipinski definition) is 2. The number of likely N-dealkylation sites (N-methyl/N-ethyl adjacent to an activating group) is 1. The summed E-state index contributed by atoms with van der Waals surface area (Å²) in [5.41, 5.74) is 1.20. The van der Waals surface area contributed by atoms with E-state index in [1.807, 2.05) is 6.07 Å². The Bertz CT molecular complexity index is 475. The van der Waals surface area contributed by atoms with Crippen molar-refractivity contribution in [2.75, 3.05) is 19.6 Å². The van der Waals surface area contributed by atoms with E-state index >= 15 is 0 Å². The lowest BCUT2D eigenvalue weighted by Gasteiger charge is -2.20. The van der Waals surface area contributed by atoms with Crippen LogP contribution in [0.4, 0.5) is 0 Å². The number of nitrogens with zero attached hydrogens (tertiary/aromatic N) is 1. The van der Waals surface area contributed by atoms with Crippen LogP contribution in [0.3, 0.4) is 0 Å². The topological polar surface area (TPSA) is 57.3 Å². The van der Waals surface area contributed by atoms with E-state index in [0.29, 0.717) is 17.2 Å². The fourth-order valence-electron chi connectivity index (χ4n) is 2.71. The van der Waals surface area contributed by atoms with E-state index in [1.54, 1.807) is 29.2 Å². The van der Waals surface area contributed by atoms with Crippen molar-refractivity contribution >= 4 is 5.91 Å². The molecule has 4 nitrogen and oxygen atoms in total. The van der Waals surface area contributed by atoms with Gasteiger partial charge in [-0.05, 0) is 31.2 Å². The molecule has 2 atom stereocenters. The second-order valence-corrected chi connectivity index (χ2v) is 5.00. The Balaban J connectivity index is 1.88. The first-order valence-electron chi connectivity index (χ1n) is 6.87. The molecule has 1 aromatic rings. The van der Waals surface area contributed by atoms with Crippen LogP contribution in [0.2, 0.25) is 0 Å². The lowest BCUT2D eigenvalue weighted by molar-refractivity contribution is -0.909. The standard InChI is InChI=1S/C15H19N3O/c1-2-18-9-3-4-14(18)11-17-15(19)13-7-5-12(10-16)6-8-13/h5-8,14H,2-4,9,11H2,1H3,(H,17,19)/p+1/t14-/m0/s1. The first-order chi connectivity index (χ1) is 9.24. The van der Waals surface area contributed by atoms with Gasteiger partial charge in [-0.1, -0.05) is 0 Å². The SMILES string of the molecule is CC[NH+]1CCC[C@H]1CNC(=O)c1ccc(C#N)cc1. The van der Waals surface area contributed by atoms with Gasteiger partial charge in [-0.25, -0.2) is 0 Å². The van der Waals surface area contributed by atoms with Crippen LogP contribution >= 0.6 is 0 Å². The second-order valence-electron chi connectivity index (χ2n) is 5.00. The van der Waals surface area contributed by atoms with Crippen molar-refractivity contribution in [1.82, 2.24) is 5.32 Å². The van der Waals surface area contributed by atoms with Crippen molar-refractivity contribution < 1.29 is 9.69 Å². The largest absolute Gasteiger partial charge is 0.346 e. The lowest BCUT2D eigenvalue weighted by atomic mass is 10.1. The molecule has 0 saturated carbocycles. The van der Waals surface area contributed by atoms with E-state index in [2.05, 4.69) is 12.2 Å². The van der Waals surface area contributed by atoms with Gasteiger partial charge in [-0.2, -0.15) is 5.26 Å². The molecule has 0 radical (unpaired) electrons. The summed E-state index contributed by atoms with van der Waals surface area (Å²) in [6.45, 7) is 5.27. The normalized spacial score (nSPS) is 21.9. The first kappa shape index (κ1) is 13.6. The number of benzene rings is 1. The van der Waals surface area contributed by atoms with Crippen LogP contribution in [0.1, 0.15) is 35.7 Å². The van der Waals surface area contributed by atoms with E-state index in [9.17, 15) is 4.79 Å². The molecular weight excluding hydrogens is 238 g/mol. The van der Waals surface area contributed by atoms with Gasteiger partial charge in [0.15, 0.2) is 0 Å². The molecule has 0 aliphatic carbocycles. The zero-order valence-electron chi connectivity index (χ0n) is 11.3. The molecule has 1 saturated heterocycles. The number of carbonyl (C=O) groups excluding carboxylic acids is 1. The molecule has 1 aliphatic rings. The molecule has 0 bridgehead atoms. The van der Waals surface area contributed by atoms with Gasteiger partial charge in [-0.15, -0.1) is 0 Å². The summed E-state index contributed by atoms with van der Waals surface area (Å²) < 4.78 is 0. The molecule has 1 unspecified atom stereocenters. The van der Waals surface area contributed by atoms with E-state index in [0.717, 1.165) is 13.1 Å². The molecule has 4 heteroatoms. The van der Waals surface area contributed by atoms with Gasteiger partial charge in [0, 0.05) is 18.4 Å². The Morgan fingerprint density at radius 3 is 2.84 bits per heavy atom. The highest BCUT2D eigenvalue weighted by atomic mass is 16.1. The van der Waals surface area contributed by atoms with Crippen LogP contribution < -0.4 is 10.2 Å². The average Bonchev–Trinajstić information content (AvgIpc) is 2.92. The Morgan fingerprint density at radius 2 is 2.21 bits per heavy atom. The van der Waals surface area contributed by atoms with Gasteiger partial charge < -0.3 is 10.2 Å². The van der Waals surface area contributed by atoms with E-state index in [-0.39, 0.29) is 5.91 Å². The third-order valence-corrected chi connectivity index (χ3v) is 3.87. The number of nitriles is 1. The second kappa shape index (κ2) is 6.35. The van der Waals surface area contributed by atoms with Gasteiger partial charge in [0.1, 0.15) is 6.04 Å². The minimum Gasteiger partial charge on any atom is -0.346 e. The third kappa shape index (κ3) is 3.33. The Kier molecular flexibility index (Phi) is 4.53. The van der Waals surface area contributed by atoms with E-state index in [4.69, 9.17) is 5.26 Å². The first-order valence-corrected chi connectivity index (χ1v) is 6.87. The van der Waals surface area contributed by atoms with Gasteiger partial charge >= 0.3 is 0 Å². The summed E-state index contributed by atoms with van der Waals surface area (Å²) in [6.07, 6.45) is 2.44. The number of likely N-dealkylation sites (tertiary alicyclic amines) is 1. The van der Waals surface area contributed by atoms with Gasteiger partial charge in [0.2, 0.25) is 0 Å². The molecular formula is C15H20N3O+. The minimum atomic E-state index is -0.0492.